The molecule has 4 nitrogen and oxygen atoms in total. The highest BCUT2D eigenvalue weighted by atomic mass is 16.3. The topological polar surface area (TPSA) is 61.4 Å². The van der Waals surface area contributed by atoms with E-state index in [1.807, 2.05) is 18.2 Å². The fourth-order valence-corrected chi connectivity index (χ4v) is 1.46. The maximum absolute atomic E-state index is 11.7. The van der Waals surface area contributed by atoms with Crippen LogP contribution in [0.4, 0.5) is 16.2 Å². The highest BCUT2D eigenvalue weighted by molar-refractivity contribution is 6.00. The normalized spacial score (nSPS) is 9.83. The number of carbonyl (C=O) groups is 1. The molecule has 0 bridgehead atoms. The molecule has 4 heteroatoms. The number of nitrogens with one attached hydrogen (secondary N) is 2. The maximum atomic E-state index is 11.7. The van der Waals surface area contributed by atoms with E-state index in [0.717, 1.165) is 0 Å². The molecular weight excluding hydrogens is 228 g/mol. The van der Waals surface area contributed by atoms with Crippen LogP contribution >= 0.6 is 0 Å². The van der Waals surface area contributed by atoms with Crippen molar-refractivity contribution in [2.45, 2.75) is 0 Å². The van der Waals surface area contributed by atoms with Crippen LogP contribution in [0.15, 0.2) is 48.5 Å². The van der Waals surface area contributed by atoms with E-state index >= 15 is 0 Å². The molecule has 2 amide bonds. The number of hydrogen-bond acceptors (Lipinski definition) is 2. The molecule has 0 aromatic heterocycles. The van der Waals surface area contributed by atoms with Gasteiger partial charge in [0.1, 0.15) is 5.75 Å². The minimum absolute atomic E-state index is 0.0711. The summed E-state index contributed by atoms with van der Waals surface area (Å²) in [7, 11) is 0. The number of aromatic hydroxyl groups is 1. The van der Waals surface area contributed by atoms with Crippen molar-refractivity contribution in [2.75, 3.05) is 10.6 Å². The van der Waals surface area contributed by atoms with Gasteiger partial charge in [-0.3, -0.25) is 0 Å². The summed E-state index contributed by atoms with van der Waals surface area (Å²) in [6.07, 6.45) is 0. The van der Waals surface area contributed by atoms with E-state index in [1.54, 1.807) is 18.2 Å². The van der Waals surface area contributed by atoms with Gasteiger partial charge in [-0.2, -0.15) is 0 Å². The Hall–Kier alpha value is -2.49. The lowest BCUT2D eigenvalue weighted by atomic mass is 10.2. The van der Waals surface area contributed by atoms with Crippen LogP contribution in [0, 0.1) is 6.92 Å². The van der Waals surface area contributed by atoms with Crippen LogP contribution in [-0.2, 0) is 0 Å². The molecule has 0 heterocycles. The van der Waals surface area contributed by atoms with Gasteiger partial charge in [0.15, 0.2) is 0 Å². The van der Waals surface area contributed by atoms with E-state index < -0.39 is 6.03 Å². The summed E-state index contributed by atoms with van der Waals surface area (Å²) in [6, 6.07) is 13.1. The Morgan fingerprint density at radius 3 is 2.44 bits per heavy atom. The lowest BCUT2D eigenvalue weighted by Crippen LogP contribution is -2.19. The van der Waals surface area contributed by atoms with Crippen LogP contribution in [0.2, 0.25) is 0 Å². The van der Waals surface area contributed by atoms with Crippen molar-refractivity contribution in [3.63, 3.8) is 0 Å². The largest absolute Gasteiger partial charge is 0.506 e. The van der Waals surface area contributed by atoms with Gasteiger partial charge in [-0.25, -0.2) is 4.79 Å². The predicted molar refractivity (Wildman–Crippen MR) is 70.6 cm³/mol. The third-order valence-electron chi connectivity index (χ3n) is 2.30. The predicted octanol–water partition coefficient (Wildman–Crippen LogP) is 3.10. The minimum atomic E-state index is -0.429. The van der Waals surface area contributed by atoms with E-state index in [1.165, 1.54) is 12.1 Å². The Morgan fingerprint density at radius 1 is 1.06 bits per heavy atom. The minimum Gasteiger partial charge on any atom is -0.506 e. The zero-order valence-electron chi connectivity index (χ0n) is 9.55. The van der Waals surface area contributed by atoms with Gasteiger partial charge in [-0.15, -0.1) is 0 Å². The molecule has 0 spiro atoms. The molecule has 90 valence electrons. The highest BCUT2D eigenvalue weighted by Gasteiger charge is 2.06. The first kappa shape index (κ1) is 12.0. The van der Waals surface area contributed by atoms with Crippen LogP contribution < -0.4 is 10.6 Å². The Labute approximate surface area is 105 Å². The molecule has 2 rings (SSSR count). The lowest BCUT2D eigenvalue weighted by molar-refractivity contribution is 0.262. The molecular formula is C14H12N2O2. The van der Waals surface area contributed by atoms with Gasteiger partial charge in [0.25, 0.3) is 0 Å². The molecule has 2 aromatic carbocycles. The molecule has 0 aliphatic heterocycles. The summed E-state index contributed by atoms with van der Waals surface area (Å²) in [4.78, 5) is 11.7. The fraction of sp³-hybridized carbons (Fsp3) is 0. The summed E-state index contributed by atoms with van der Waals surface area (Å²) in [6.45, 7) is 5.49. The van der Waals surface area contributed by atoms with Gasteiger partial charge in [0.2, 0.25) is 0 Å². The van der Waals surface area contributed by atoms with Crippen molar-refractivity contribution < 1.29 is 9.90 Å². The number of carbonyl (C=O) groups excluding carboxylic acids is 1. The van der Waals surface area contributed by atoms with E-state index in [0.29, 0.717) is 16.9 Å². The number of rotatable bonds is 2. The molecule has 0 saturated heterocycles. The summed E-state index contributed by atoms with van der Waals surface area (Å²) >= 11 is 0. The zero-order valence-corrected chi connectivity index (χ0v) is 9.55. The maximum Gasteiger partial charge on any atom is 0.323 e. The molecule has 18 heavy (non-hydrogen) atoms. The van der Waals surface area contributed by atoms with Gasteiger partial charge in [0, 0.05) is 5.69 Å². The SMILES string of the molecule is [CH]c1ccc(NC(=O)Nc2ccccc2)c(O)c1. The number of phenolic OH excluding ortho intramolecular Hbond substituents is 1. The molecule has 3 N–H and O–H groups in total. The van der Waals surface area contributed by atoms with Crippen molar-refractivity contribution in [3.8, 4) is 5.75 Å². The Balaban J connectivity index is 2.03. The van der Waals surface area contributed by atoms with Gasteiger partial charge >= 0.3 is 6.03 Å². The first-order valence-corrected chi connectivity index (χ1v) is 5.37. The first-order chi connectivity index (χ1) is 8.65. The Bertz CT molecular complexity index is 553. The van der Waals surface area contributed by atoms with Crippen LogP contribution in [-0.4, -0.2) is 11.1 Å². The fourth-order valence-electron chi connectivity index (χ4n) is 1.46. The molecule has 0 atom stereocenters. The van der Waals surface area contributed by atoms with E-state index in [9.17, 15) is 9.90 Å². The van der Waals surface area contributed by atoms with E-state index in [-0.39, 0.29) is 5.75 Å². The third-order valence-corrected chi connectivity index (χ3v) is 2.30. The van der Waals surface area contributed by atoms with Crippen molar-refractivity contribution in [1.29, 1.82) is 0 Å². The summed E-state index contributed by atoms with van der Waals surface area (Å²) in [5.74, 6) is -0.0711. The number of anilines is 2. The number of hydrogen-bond donors (Lipinski definition) is 3. The molecule has 0 aliphatic carbocycles. The molecule has 0 fully saturated rings. The number of para-hydroxylation sites is 1. The summed E-state index contributed by atoms with van der Waals surface area (Å²) in [5.41, 5.74) is 1.41. The second-order valence-electron chi connectivity index (χ2n) is 3.72. The Kier molecular flexibility index (Phi) is 3.48. The molecule has 2 aromatic rings. The first-order valence-electron chi connectivity index (χ1n) is 5.37. The van der Waals surface area contributed by atoms with Gasteiger partial charge in [0.05, 0.1) is 5.69 Å². The summed E-state index contributed by atoms with van der Waals surface area (Å²) < 4.78 is 0. The van der Waals surface area contributed by atoms with Gasteiger partial charge in [-0.1, -0.05) is 24.3 Å². The smallest absolute Gasteiger partial charge is 0.323 e. The van der Waals surface area contributed by atoms with E-state index in [2.05, 4.69) is 10.6 Å². The lowest BCUT2D eigenvalue weighted by Gasteiger charge is -2.09. The van der Waals surface area contributed by atoms with Gasteiger partial charge < -0.3 is 15.7 Å². The number of benzene rings is 2. The van der Waals surface area contributed by atoms with Crippen LogP contribution in [0.3, 0.4) is 0 Å². The van der Waals surface area contributed by atoms with Crippen molar-refractivity contribution >= 4 is 17.4 Å². The second kappa shape index (κ2) is 5.23. The Morgan fingerprint density at radius 2 is 1.78 bits per heavy atom. The van der Waals surface area contributed by atoms with E-state index in [4.69, 9.17) is 6.92 Å². The molecule has 0 saturated carbocycles. The number of amides is 2. The average molecular weight is 240 g/mol. The van der Waals surface area contributed by atoms with Gasteiger partial charge in [-0.05, 0) is 36.8 Å². The standard InChI is InChI=1S/C14H12N2O2/c1-10-7-8-12(13(17)9-10)16-14(18)15-11-5-3-2-4-6-11/h1-9,17H,(H2,15,16,18). The van der Waals surface area contributed by atoms with Crippen LogP contribution in [0.5, 0.6) is 5.75 Å². The van der Waals surface area contributed by atoms with Crippen molar-refractivity contribution in [1.82, 2.24) is 0 Å². The second-order valence-corrected chi connectivity index (χ2v) is 3.72. The average Bonchev–Trinajstić information content (AvgIpc) is 2.34. The molecule has 0 aliphatic rings. The van der Waals surface area contributed by atoms with Crippen molar-refractivity contribution in [2.24, 2.45) is 0 Å². The van der Waals surface area contributed by atoms with Crippen LogP contribution in [0.1, 0.15) is 5.56 Å². The number of phenols is 1. The van der Waals surface area contributed by atoms with Crippen LogP contribution in [0.25, 0.3) is 0 Å². The number of urea groups is 1. The highest BCUT2D eigenvalue weighted by Crippen LogP contribution is 2.23. The quantitative estimate of drug-likeness (QED) is 0.706. The zero-order chi connectivity index (χ0) is 13.0. The molecule has 0 unspecified atom stereocenters. The van der Waals surface area contributed by atoms with Crippen molar-refractivity contribution in [3.05, 3.63) is 61.0 Å². The monoisotopic (exact) mass is 240 g/mol. The summed E-state index contributed by atoms with van der Waals surface area (Å²) in [5, 5.41) is 14.8. The molecule has 2 radical (unpaired) electrons. The third kappa shape index (κ3) is 3.01.